The monoisotopic (exact) mass is 495 g/mol. The van der Waals surface area contributed by atoms with Gasteiger partial charge in [0.25, 0.3) is 0 Å². The van der Waals surface area contributed by atoms with Gasteiger partial charge in [-0.1, -0.05) is 62.4 Å². The summed E-state index contributed by atoms with van der Waals surface area (Å²) in [7, 11) is 0. The molecule has 3 rings (SSSR count). The molecule has 5 N–H and O–H groups in total. The number of nitrogens with one attached hydrogen (secondary N) is 2. The second kappa shape index (κ2) is 11.3. The first-order valence-electron chi connectivity index (χ1n) is 12.0. The molecular formula is C27H33N3O6. The van der Waals surface area contributed by atoms with E-state index in [1.807, 2.05) is 48.5 Å². The van der Waals surface area contributed by atoms with E-state index in [-0.39, 0.29) is 18.4 Å². The van der Waals surface area contributed by atoms with Gasteiger partial charge in [-0.15, -0.1) is 0 Å². The SMILES string of the molecule is CC(C)C(C(=O)[C@H](C)N)[C@H](NC(=O)OCC1c2ccccc2-c2ccccc21)C(=O)N[C@@H](C)C(=O)O. The lowest BCUT2D eigenvalue weighted by Crippen LogP contribution is -2.58. The molecule has 2 aromatic carbocycles. The van der Waals surface area contributed by atoms with Gasteiger partial charge in [0, 0.05) is 5.92 Å². The Morgan fingerprint density at radius 3 is 1.92 bits per heavy atom. The van der Waals surface area contributed by atoms with Gasteiger partial charge in [-0.25, -0.2) is 4.79 Å². The van der Waals surface area contributed by atoms with Crippen molar-refractivity contribution in [3.63, 3.8) is 0 Å². The number of carboxylic acid groups (broad SMARTS) is 1. The second-order valence-electron chi connectivity index (χ2n) is 9.48. The molecule has 2 amide bonds. The number of Topliss-reactive ketones (excluding diaryl/α,β-unsaturated/α-hetero) is 1. The number of ether oxygens (including phenoxy) is 1. The van der Waals surface area contributed by atoms with Crippen LogP contribution < -0.4 is 16.4 Å². The third-order valence-corrected chi connectivity index (χ3v) is 6.48. The first-order chi connectivity index (χ1) is 17.0. The Labute approximate surface area is 210 Å². The minimum atomic E-state index is -1.36. The predicted octanol–water partition coefficient (Wildman–Crippen LogP) is 2.67. The molecule has 0 saturated heterocycles. The fourth-order valence-electron chi connectivity index (χ4n) is 4.63. The highest BCUT2D eigenvalue weighted by Gasteiger charge is 2.39. The molecule has 9 heteroatoms. The van der Waals surface area contributed by atoms with E-state index in [4.69, 9.17) is 10.5 Å². The minimum absolute atomic E-state index is 0.0211. The standard InChI is InChI=1S/C27H33N3O6/c1-14(2)22(24(31)15(3)28)23(25(32)29-16(4)26(33)34)30-27(35)36-13-21-19-11-7-5-9-17(19)18-10-6-8-12-20(18)21/h5-12,14-16,21-23H,13,28H2,1-4H3,(H,29,32)(H,30,35)(H,33,34)/t15-,16-,22?,23-/m0/s1. The zero-order valence-corrected chi connectivity index (χ0v) is 20.9. The maximum Gasteiger partial charge on any atom is 0.407 e. The Hall–Kier alpha value is -3.72. The number of nitrogens with two attached hydrogens (primary N) is 1. The van der Waals surface area contributed by atoms with Crippen molar-refractivity contribution in [1.29, 1.82) is 0 Å². The molecule has 4 atom stereocenters. The number of fused-ring (bicyclic) bond motifs is 3. The van der Waals surface area contributed by atoms with Crippen molar-refractivity contribution >= 4 is 23.8 Å². The molecule has 1 unspecified atom stereocenters. The number of alkyl carbamates (subject to hydrolysis) is 1. The van der Waals surface area contributed by atoms with Crippen molar-refractivity contribution in [2.75, 3.05) is 6.61 Å². The van der Waals surface area contributed by atoms with Gasteiger partial charge < -0.3 is 26.2 Å². The molecule has 0 fully saturated rings. The zero-order chi connectivity index (χ0) is 26.6. The number of aliphatic carboxylic acids is 1. The fraction of sp³-hybridized carbons (Fsp3) is 0.407. The zero-order valence-electron chi connectivity index (χ0n) is 20.9. The highest BCUT2D eigenvalue weighted by atomic mass is 16.5. The normalized spacial score (nSPS) is 15.7. The Kier molecular flexibility index (Phi) is 8.47. The number of benzene rings is 2. The molecule has 2 aromatic rings. The number of ketones is 1. The lowest BCUT2D eigenvalue weighted by molar-refractivity contribution is -0.142. The number of carbonyl (C=O) groups is 4. The maximum absolute atomic E-state index is 13.0. The Morgan fingerprint density at radius 2 is 1.44 bits per heavy atom. The van der Waals surface area contributed by atoms with Gasteiger partial charge in [-0.05, 0) is 42.0 Å². The summed E-state index contributed by atoms with van der Waals surface area (Å²) in [4.78, 5) is 50.0. The number of carbonyl (C=O) groups excluding carboxylic acids is 3. The number of carboxylic acids is 1. The minimum Gasteiger partial charge on any atom is -0.480 e. The molecule has 192 valence electrons. The Balaban J connectivity index is 1.80. The van der Waals surface area contributed by atoms with Crippen molar-refractivity contribution in [3.05, 3.63) is 59.7 Å². The van der Waals surface area contributed by atoms with Crippen molar-refractivity contribution in [3.8, 4) is 11.1 Å². The van der Waals surface area contributed by atoms with Crippen LogP contribution in [0.5, 0.6) is 0 Å². The van der Waals surface area contributed by atoms with Crippen LogP contribution in [0.15, 0.2) is 48.5 Å². The van der Waals surface area contributed by atoms with E-state index >= 15 is 0 Å². The molecule has 0 heterocycles. The van der Waals surface area contributed by atoms with Gasteiger partial charge in [-0.2, -0.15) is 0 Å². The third-order valence-electron chi connectivity index (χ3n) is 6.48. The highest BCUT2D eigenvalue weighted by Crippen LogP contribution is 2.44. The van der Waals surface area contributed by atoms with Gasteiger partial charge in [0.1, 0.15) is 18.7 Å². The molecule has 0 aliphatic heterocycles. The summed E-state index contributed by atoms with van der Waals surface area (Å²) >= 11 is 0. The van der Waals surface area contributed by atoms with E-state index in [0.717, 1.165) is 22.3 Å². The molecule has 9 nitrogen and oxygen atoms in total. The maximum atomic E-state index is 13.0. The van der Waals surface area contributed by atoms with Crippen LogP contribution >= 0.6 is 0 Å². The highest BCUT2D eigenvalue weighted by molar-refractivity contribution is 5.96. The van der Waals surface area contributed by atoms with E-state index in [2.05, 4.69) is 10.6 Å². The topological polar surface area (TPSA) is 148 Å². The lowest BCUT2D eigenvalue weighted by Gasteiger charge is -2.30. The van der Waals surface area contributed by atoms with Crippen LogP contribution in [0.4, 0.5) is 4.79 Å². The van der Waals surface area contributed by atoms with E-state index in [0.29, 0.717) is 0 Å². The molecule has 0 spiro atoms. The molecular weight excluding hydrogens is 462 g/mol. The quantitative estimate of drug-likeness (QED) is 0.396. The second-order valence-corrected chi connectivity index (χ2v) is 9.48. The van der Waals surface area contributed by atoms with Gasteiger partial charge in [0.05, 0.1) is 12.0 Å². The molecule has 1 aliphatic carbocycles. The first kappa shape index (κ1) is 26.9. The van der Waals surface area contributed by atoms with Gasteiger partial charge in [-0.3, -0.25) is 14.4 Å². The summed E-state index contributed by atoms with van der Waals surface area (Å²) in [5.41, 5.74) is 10.0. The smallest absolute Gasteiger partial charge is 0.407 e. The average Bonchev–Trinajstić information content (AvgIpc) is 3.15. The number of hydrogen-bond acceptors (Lipinski definition) is 6. The van der Waals surface area contributed by atoms with E-state index in [1.165, 1.54) is 13.8 Å². The van der Waals surface area contributed by atoms with Crippen molar-refractivity contribution < 1.29 is 29.0 Å². The first-order valence-corrected chi connectivity index (χ1v) is 12.0. The largest absolute Gasteiger partial charge is 0.480 e. The van der Waals surface area contributed by atoms with Crippen LogP contribution in [0.25, 0.3) is 11.1 Å². The Bertz CT molecular complexity index is 1100. The Morgan fingerprint density at radius 1 is 0.917 bits per heavy atom. The number of rotatable bonds is 10. The number of hydrogen-bond donors (Lipinski definition) is 4. The molecule has 0 radical (unpaired) electrons. The van der Waals surface area contributed by atoms with Crippen molar-refractivity contribution in [2.45, 2.75) is 51.7 Å². The van der Waals surface area contributed by atoms with Crippen LogP contribution in [0.3, 0.4) is 0 Å². The molecule has 1 aliphatic rings. The summed E-state index contributed by atoms with van der Waals surface area (Å²) in [6.45, 7) is 6.27. The van der Waals surface area contributed by atoms with Crippen LogP contribution in [-0.4, -0.2) is 53.6 Å². The fourth-order valence-corrected chi connectivity index (χ4v) is 4.63. The number of amides is 2. The molecule has 36 heavy (non-hydrogen) atoms. The van der Waals surface area contributed by atoms with E-state index in [9.17, 15) is 24.3 Å². The predicted molar refractivity (Wildman–Crippen MR) is 134 cm³/mol. The van der Waals surface area contributed by atoms with Crippen LogP contribution in [0.2, 0.25) is 0 Å². The summed E-state index contributed by atoms with van der Waals surface area (Å²) in [6.07, 6.45) is -0.886. The molecule has 0 saturated carbocycles. The summed E-state index contributed by atoms with van der Waals surface area (Å²) in [5.74, 6) is -4.00. The molecule has 0 aromatic heterocycles. The van der Waals surface area contributed by atoms with Crippen molar-refractivity contribution in [2.24, 2.45) is 17.6 Å². The van der Waals surface area contributed by atoms with E-state index < -0.39 is 47.8 Å². The molecule has 0 bridgehead atoms. The summed E-state index contributed by atoms with van der Waals surface area (Å²) in [5, 5.41) is 14.0. The summed E-state index contributed by atoms with van der Waals surface area (Å²) in [6, 6.07) is 12.3. The summed E-state index contributed by atoms with van der Waals surface area (Å²) < 4.78 is 5.55. The van der Waals surface area contributed by atoms with Gasteiger partial charge in [0.15, 0.2) is 5.78 Å². The van der Waals surface area contributed by atoms with E-state index in [1.54, 1.807) is 13.8 Å². The lowest BCUT2D eigenvalue weighted by atomic mass is 9.82. The van der Waals surface area contributed by atoms with Crippen LogP contribution in [0.1, 0.15) is 44.7 Å². The van der Waals surface area contributed by atoms with Gasteiger partial charge in [0.2, 0.25) is 5.91 Å². The van der Waals surface area contributed by atoms with Crippen LogP contribution in [0, 0.1) is 11.8 Å². The third kappa shape index (κ3) is 5.73. The van der Waals surface area contributed by atoms with Crippen molar-refractivity contribution in [1.82, 2.24) is 10.6 Å². The van der Waals surface area contributed by atoms with Crippen LogP contribution in [-0.2, 0) is 19.1 Å². The van der Waals surface area contributed by atoms with Gasteiger partial charge >= 0.3 is 12.1 Å². The average molecular weight is 496 g/mol.